The number of esters is 1. The van der Waals surface area contributed by atoms with Crippen LogP contribution in [0.25, 0.3) is 0 Å². The average molecular weight is 372 g/mol. The highest BCUT2D eigenvalue weighted by Crippen LogP contribution is 2.29. The number of β-amino-alcohol motifs (C(OH)–C–C–N with tert-alkyl or cyclic N) is 1. The Morgan fingerprint density at radius 3 is 2.54 bits per heavy atom. The van der Waals surface area contributed by atoms with E-state index in [1.165, 1.54) is 18.2 Å². The number of nitrogens with zero attached hydrogens (tertiary/aromatic N) is 1. The van der Waals surface area contributed by atoms with Crippen molar-refractivity contribution in [3.05, 3.63) is 41.1 Å². The number of anilines is 1. The summed E-state index contributed by atoms with van der Waals surface area (Å²) in [6, 6.07) is 4.76. The number of carbonyl (C=O) groups excluding carboxylic acids is 3. The first-order chi connectivity index (χ1) is 12.2. The number of alkyl halides is 3. The Morgan fingerprint density at radius 2 is 1.96 bits per heavy atom. The van der Waals surface area contributed by atoms with Crippen LogP contribution in [0.2, 0.25) is 0 Å². The summed E-state index contributed by atoms with van der Waals surface area (Å²) in [5, 5.41) is 11.4. The van der Waals surface area contributed by atoms with Crippen LogP contribution < -0.4 is 5.32 Å². The maximum Gasteiger partial charge on any atom is 0.454 e. The molecule has 0 fully saturated rings. The van der Waals surface area contributed by atoms with Crippen molar-refractivity contribution in [3.8, 4) is 0 Å². The van der Waals surface area contributed by atoms with Gasteiger partial charge in [0.25, 0.3) is 11.7 Å². The molecule has 1 aromatic rings. The van der Waals surface area contributed by atoms with Crippen molar-refractivity contribution in [1.29, 1.82) is 0 Å². The zero-order valence-electron chi connectivity index (χ0n) is 13.6. The van der Waals surface area contributed by atoms with Gasteiger partial charge >= 0.3 is 12.1 Å². The van der Waals surface area contributed by atoms with Gasteiger partial charge in [0.15, 0.2) is 0 Å². The number of rotatable bonds is 6. The van der Waals surface area contributed by atoms with Crippen molar-refractivity contribution in [2.75, 3.05) is 32.1 Å². The molecule has 0 aliphatic carbocycles. The zero-order valence-corrected chi connectivity index (χ0v) is 13.6. The molecule has 2 rings (SSSR count). The van der Waals surface area contributed by atoms with Gasteiger partial charge in [0.1, 0.15) is 5.70 Å². The number of carbonyl (C=O) groups is 3. The van der Waals surface area contributed by atoms with Crippen LogP contribution in [-0.2, 0) is 14.3 Å². The Kier molecular flexibility index (Phi) is 5.66. The minimum absolute atomic E-state index is 0.0758. The molecular weight excluding hydrogens is 357 g/mol. The van der Waals surface area contributed by atoms with E-state index >= 15 is 0 Å². The lowest BCUT2D eigenvalue weighted by molar-refractivity contribution is -0.136. The zero-order chi connectivity index (χ0) is 19.5. The summed E-state index contributed by atoms with van der Waals surface area (Å²) in [4.78, 5) is 37.0. The van der Waals surface area contributed by atoms with E-state index in [4.69, 9.17) is 5.11 Å². The molecule has 1 aromatic carbocycles. The van der Waals surface area contributed by atoms with Gasteiger partial charge in [0.2, 0.25) is 0 Å². The Balaban J connectivity index is 2.44. The minimum Gasteiger partial charge on any atom is -0.466 e. The number of Topliss-reactive ketones (excluding diaryl/α,β-unsaturated/α-hetero) is 1. The first-order valence-electron chi connectivity index (χ1n) is 7.39. The molecule has 1 heterocycles. The monoisotopic (exact) mass is 372 g/mol. The van der Waals surface area contributed by atoms with Crippen molar-refractivity contribution in [2.45, 2.75) is 6.18 Å². The van der Waals surface area contributed by atoms with Crippen LogP contribution in [-0.4, -0.2) is 60.6 Å². The first kappa shape index (κ1) is 19.4. The van der Waals surface area contributed by atoms with E-state index in [0.717, 1.165) is 18.1 Å². The lowest BCUT2D eigenvalue weighted by Crippen LogP contribution is -2.31. The van der Waals surface area contributed by atoms with Crippen LogP contribution in [0.3, 0.4) is 0 Å². The molecule has 1 amide bonds. The van der Waals surface area contributed by atoms with E-state index in [1.54, 1.807) is 0 Å². The van der Waals surface area contributed by atoms with E-state index < -0.39 is 29.4 Å². The Morgan fingerprint density at radius 1 is 1.31 bits per heavy atom. The normalized spacial score (nSPS) is 14.7. The predicted octanol–water partition coefficient (Wildman–Crippen LogP) is 1.11. The number of ether oxygens (including phenoxy) is 1. The van der Waals surface area contributed by atoms with Crippen molar-refractivity contribution in [3.63, 3.8) is 0 Å². The van der Waals surface area contributed by atoms with Crippen molar-refractivity contribution >= 4 is 23.3 Å². The lowest BCUT2D eigenvalue weighted by atomic mass is 10.1. The number of halogens is 3. The smallest absolute Gasteiger partial charge is 0.454 e. The Labute approximate surface area is 146 Å². The van der Waals surface area contributed by atoms with Gasteiger partial charge < -0.3 is 20.1 Å². The summed E-state index contributed by atoms with van der Waals surface area (Å²) in [6.45, 7) is -0.617. The number of aliphatic hydroxyl groups excluding tert-OH is 1. The molecule has 2 N–H and O–H groups in total. The van der Waals surface area contributed by atoms with Crippen molar-refractivity contribution < 1.29 is 37.4 Å². The van der Waals surface area contributed by atoms with E-state index in [9.17, 15) is 27.6 Å². The highest BCUT2D eigenvalue weighted by Gasteiger charge is 2.41. The molecule has 7 nitrogen and oxygen atoms in total. The SMILES string of the molecule is COC(=O)C1=C(Nc2ccccc2C(=O)C(F)(F)F)C(=O)N(CCO)C1. The third kappa shape index (κ3) is 3.85. The van der Waals surface area contributed by atoms with Gasteiger partial charge in [-0.3, -0.25) is 9.59 Å². The number of amides is 1. The number of ketones is 1. The largest absolute Gasteiger partial charge is 0.466 e. The molecule has 0 unspecified atom stereocenters. The quantitative estimate of drug-likeness (QED) is 0.574. The summed E-state index contributed by atoms with van der Waals surface area (Å²) in [5.74, 6) is -3.63. The predicted molar refractivity (Wildman–Crippen MR) is 83.2 cm³/mol. The van der Waals surface area contributed by atoms with Crippen molar-refractivity contribution in [2.24, 2.45) is 0 Å². The van der Waals surface area contributed by atoms with Crippen LogP contribution in [0, 0.1) is 0 Å². The molecular formula is C16H15F3N2O5. The van der Waals surface area contributed by atoms with Gasteiger partial charge in [-0.2, -0.15) is 13.2 Å². The highest BCUT2D eigenvalue weighted by molar-refractivity contribution is 6.10. The summed E-state index contributed by atoms with van der Waals surface area (Å²) in [7, 11) is 1.09. The van der Waals surface area contributed by atoms with Gasteiger partial charge in [-0.05, 0) is 12.1 Å². The fraction of sp³-hybridized carbons (Fsp3) is 0.312. The summed E-state index contributed by atoms with van der Waals surface area (Å²) < 4.78 is 42.9. The molecule has 0 aromatic heterocycles. The van der Waals surface area contributed by atoms with Crippen molar-refractivity contribution in [1.82, 2.24) is 4.90 Å². The fourth-order valence-corrected chi connectivity index (χ4v) is 2.43. The highest BCUT2D eigenvalue weighted by atomic mass is 19.4. The molecule has 0 spiro atoms. The Hall–Kier alpha value is -2.88. The third-order valence-electron chi connectivity index (χ3n) is 3.64. The number of aliphatic hydroxyl groups is 1. The minimum atomic E-state index is -5.10. The second-order valence-corrected chi connectivity index (χ2v) is 5.29. The van der Waals surface area contributed by atoms with Crippen LogP contribution >= 0.6 is 0 Å². The summed E-state index contributed by atoms with van der Waals surface area (Å²) in [5.41, 5.74) is -1.37. The second kappa shape index (κ2) is 7.56. The molecule has 140 valence electrons. The van der Waals surface area contributed by atoms with Gasteiger partial charge in [-0.15, -0.1) is 0 Å². The van der Waals surface area contributed by atoms with Gasteiger partial charge in [-0.25, -0.2) is 4.79 Å². The van der Waals surface area contributed by atoms with E-state index in [2.05, 4.69) is 10.1 Å². The van der Waals surface area contributed by atoms with Crippen LogP contribution in [0.4, 0.5) is 18.9 Å². The van der Waals surface area contributed by atoms with Crippen LogP contribution in [0.5, 0.6) is 0 Å². The Bertz CT molecular complexity index is 773. The van der Waals surface area contributed by atoms with E-state index in [1.807, 2.05) is 0 Å². The van der Waals surface area contributed by atoms with E-state index in [0.29, 0.717) is 0 Å². The molecule has 26 heavy (non-hydrogen) atoms. The maximum atomic E-state index is 12.8. The topological polar surface area (TPSA) is 95.9 Å². The number of nitrogens with one attached hydrogen (secondary N) is 1. The number of para-hydroxylation sites is 1. The second-order valence-electron chi connectivity index (χ2n) is 5.29. The average Bonchev–Trinajstić information content (AvgIpc) is 2.90. The van der Waals surface area contributed by atoms with Crippen LogP contribution in [0.1, 0.15) is 10.4 Å². The first-order valence-corrected chi connectivity index (χ1v) is 7.39. The number of hydrogen-bond donors (Lipinski definition) is 2. The molecule has 1 aliphatic heterocycles. The summed E-state index contributed by atoms with van der Waals surface area (Å²) in [6.07, 6.45) is -5.10. The molecule has 0 radical (unpaired) electrons. The van der Waals surface area contributed by atoms with E-state index in [-0.39, 0.29) is 36.7 Å². The van der Waals surface area contributed by atoms with Gasteiger partial charge in [0, 0.05) is 12.2 Å². The maximum absolute atomic E-state index is 12.8. The third-order valence-corrected chi connectivity index (χ3v) is 3.64. The molecule has 10 heteroatoms. The lowest BCUT2D eigenvalue weighted by Gasteiger charge is -2.16. The summed E-state index contributed by atoms with van der Waals surface area (Å²) >= 11 is 0. The van der Waals surface area contributed by atoms with Gasteiger partial charge in [-0.1, -0.05) is 12.1 Å². The number of benzene rings is 1. The molecule has 0 atom stereocenters. The number of hydrogen-bond acceptors (Lipinski definition) is 6. The van der Waals surface area contributed by atoms with Crippen LogP contribution in [0.15, 0.2) is 35.5 Å². The molecule has 0 saturated carbocycles. The molecule has 1 aliphatic rings. The standard InChI is InChI=1S/C16H15F3N2O5/c1-26-15(25)10-8-21(6-7-22)14(24)12(10)20-11-5-3-2-4-9(11)13(23)16(17,18)19/h2-5,20,22H,6-8H2,1H3. The fourth-order valence-electron chi connectivity index (χ4n) is 2.43. The molecule has 0 bridgehead atoms. The molecule has 0 saturated heterocycles. The number of methoxy groups -OCH3 is 1. The van der Waals surface area contributed by atoms with Gasteiger partial charge in [0.05, 0.1) is 31.4 Å².